The summed E-state index contributed by atoms with van der Waals surface area (Å²) < 4.78 is 28.1. The van der Waals surface area contributed by atoms with Gasteiger partial charge in [-0.25, -0.2) is 13.6 Å². The molecule has 0 amide bonds. The summed E-state index contributed by atoms with van der Waals surface area (Å²) in [5.74, 6) is 0. The molecule has 2 N–H and O–H groups in total. The van der Waals surface area contributed by atoms with Gasteiger partial charge in [0.25, 0.3) is 0 Å². The standard InChI is InChI=1S/C11H16N2O3S/c12-17(14,15)11-4-2-1-3-10(11)9-13-5-7-16-8-6-13/h1-4H,5-9H2,(H2,12,14,15). The minimum absolute atomic E-state index is 0.214. The Labute approximate surface area is 101 Å². The summed E-state index contributed by atoms with van der Waals surface area (Å²) in [7, 11) is -3.64. The molecule has 0 spiro atoms. The van der Waals surface area contributed by atoms with Crippen molar-refractivity contribution in [1.29, 1.82) is 0 Å². The molecule has 0 bridgehead atoms. The van der Waals surface area contributed by atoms with Gasteiger partial charge in [-0.05, 0) is 11.6 Å². The highest BCUT2D eigenvalue weighted by Crippen LogP contribution is 2.16. The van der Waals surface area contributed by atoms with Crippen molar-refractivity contribution < 1.29 is 13.2 Å². The van der Waals surface area contributed by atoms with Gasteiger partial charge in [0.05, 0.1) is 18.1 Å². The number of morpholine rings is 1. The molecule has 6 heteroatoms. The Hall–Kier alpha value is -0.950. The average molecular weight is 256 g/mol. The van der Waals surface area contributed by atoms with E-state index < -0.39 is 10.0 Å². The van der Waals surface area contributed by atoms with Crippen molar-refractivity contribution in [3.63, 3.8) is 0 Å². The molecule has 0 saturated carbocycles. The Morgan fingerprint density at radius 2 is 1.88 bits per heavy atom. The molecule has 1 aliphatic heterocycles. The van der Waals surface area contributed by atoms with Crippen molar-refractivity contribution in [2.24, 2.45) is 5.14 Å². The lowest BCUT2D eigenvalue weighted by atomic mass is 10.2. The van der Waals surface area contributed by atoms with Crippen molar-refractivity contribution in [1.82, 2.24) is 4.90 Å². The first-order valence-electron chi connectivity index (χ1n) is 5.48. The summed E-state index contributed by atoms with van der Waals surface area (Å²) >= 11 is 0. The molecule has 1 aliphatic rings. The van der Waals surface area contributed by atoms with E-state index in [0.717, 1.165) is 18.7 Å². The van der Waals surface area contributed by atoms with Crippen LogP contribution in [0.25, 0.3) is 0 Å². The minimum atomic E-state index is -3.64. The van der Waals surface area contributed by atoms with E-state index in [9.17, 15) is 8.42 Å². The highest BCUT2D eigenvalue weighted by molar-refractivity contribution is 7.89. The van der Waals surface area contributed by atoms with E-state index in [1.807, 2.05) is 6.07 Å². The molecule has 5 nitrogen and oxygen atoms in total. The molecule has 1 aromatic carbocycles. The maximum atomic E-state index is 11.4. The van der Waals surface area contributed by atoms with Gasteiger partial charge >= 0.3 is 0 Å². The van der Waals surface area contributed by atoms with Crippen molar-refractivity contribution in [2.75, 3.05) is 26.3 Å². The summed E-state index contributed by atoms with van der Waals surface area (Å²) in [6.45, 7) is 3.61. The van der Waals surface area contributed by atoms with Crippen molar-refractivity contribution in [2.45, 2.75) is 11.4 Å². The predicted octanol–water partition coefficient (Wildman–Crippen LogP) is 0.166. The molecule has 0 radical (unpaired) electrons. The Morgan fingerprint density at radius 3 is 2.53 bits per heavy atom. The quantitative estimate of drug-likeness (QED) is 0.836. The molecular weight excluding hydrogens is 240 g/mol. The lowest BCUT2D eigenvalue weighted by Gasteiger charge is -2.27. The van der Waals surface area contributed by atoms with Crippen LogP contribution in [0.3, 0.4) is 0 Å². The molecule has 0 unspecified atom stereocenters. The van der Waals surface area contributed by atoms with Gasteiger partial charge in [-0.15, -0.1) is 0 Å². The second kappa shape index (κ2) is 5.14. The van der Waals surface area contributed by atoms with Crippen LogP contribution in [0.2, 0.25) is 0 Å². The second-order valence-electron chi connectivity index (χ2n) is 4.04. The predicted molar refractivity (Wildman–Crippen MR) is 63.9 cm³/mol. The molecule has 1 fully saturated rings. The monoisotopic (exact) mass is 256 g/mol. The largest absolute Gasteiger partial charge is 0.379 e. The van der Waals surface area contributed by atoms with Gasteiger partial charge in [0, 0.05) is 19.6 Å². The Kier molecular flexibility index (Phi) is 3.78. The maximum Gasteiger partial charge on any atom is 0.238 e. The average Bonchev–Trinajstić information content (AvgIpc) is 2.30. The van der Waals surface area contributed by atoms with Crippen molar-refractivity contribution in [3.05, 3.63) is 29.8 Å². The molecule has 2 rings (SSSR count). The molecular formula is C11H16N2O3S. The first-order valence-corrected chi connectivity index (χ1v) is 7.03. The number of sulfonamides is 1. The number of ether oxygens (including phenoxy) is 1. The number of benzene rings is 1. The van der Waals surface area contributed by atoms with Gasteiger partial charge in [-0.2, -0.15) is 0 Å². The van der Waals surface area contributed by atoms with Gasteiger partial charge in [-0.3, -0.25) is 4.90 Å². The number of rotatable bonds is 3. The first kappa shape index (κ1) is 12.5. The van der Waals surface area contributed by atoms with Gasteiger partial charge < -0.3 is 4.74 Å². The number of hydrogen-bond donors (Lipinski definition) is 1. The van der Waals surface area contributed by atoms with Crippen LogP contribution in [0.15, 0.2) is 29.2 Å². The molecule has 1 saturated heterocycles. The van der Waals surface area contributed by atoms with Crippen LogP contribution in [0.1, 0.15) is 5.56 Å². The van der Waals surface area contributed by atoms with Crippen molar-refractivity contribution in [3.8, 4) is 0 Å². The second-order valence-corrected chi connectivity index (χ2v) is 5.57. The first-order chi connectivity index (χ1) is 8.07. The van der Waals surface area contributed by atoms with Gasteiger partial charge in [0.15, 0.2) is 0 Å². The zero-order valence-electron chi connectivity index (χ0n) is 9.50. The number of nitrogens with two attached hydrogens (primary N) is 1. The van der Waals surface area contributed by atoms with E-state index in [-0.39, 0.29) is 4.90 Å². The van der Waals surface area contributed by atoms with Crippen LogP contribution in [0.5, 0.6) is 0 Å². The summed E-state index contributed by atoms with van der Waals surface area (Å²) in [4.78, 5) is 2.37. The topological polar surface area (TPSA) is 72.6 Å². The number of hydrogen-bond acceptors (Lipinski definition) is 4. The Balaban J connectivity index is 2.20. The molecule has 1 heterocycles. The molecule has 0 aromatic heterocycles. The number of primary sulfonamides is 1. The zero-order chi connectivity index (χ0) is 12.3. The van der Waals surface area contributed by atoms with Gasteiger partial charge in [0.1, 0.15) is 0 Å². The van der Waals surface area contributed by atoms with E-state index in [2.05, 4.69) is 4.90 Å². The van der Waals surface area contributed by atoms with Crippen LogP contribution in [-0.4, -0.2) is 39.6 Å². The minimum Gasteiger partial charge on any atom is -0.379 e. The third kappa shape index (κ3) is 3.26. The van der Waals surface area contributed by atoms with E-state index >= 15 is 0 Å². The Morgan fingerprint density at radius 1 is 1.24 bits per heavy atom. The molecule has 0 atom stereocenters. The van der Waals surface area contributed by atoms with Crippen LogP contribution in [0, 0.1) is 0 Å². The van der Waals surface area contributed by atoms with Gasteiger partial charge in [-0.1, -0.05) is 18.2 Å². The zero-order valence-corrected chi connectivity index (χ0v) is 10.3. The molecule has 0 aliphatic carbocycles. The smallest absolute Gasteiger partial charge is 0.238 e. The van der Waals surface area contributed by atoms with E-state index in [1.165, 1.54) is 0 Å². The fourth-order valence-corrected chi connectivity index (χ4v) is 2.68. The van der Waals surface area contributed by atoms with E-state index in [4.69, 9.17) is 9.88 Å². The maximum absolute atomic E-state index is 11.4. The lowest BCUT2D eigenvalue weighted by molar-refractivity contribution is 0.0338. The number of nitrogens with zero attached hydrogens (tertiary/aromatic N) is 1. The van der Waals surface area contributed by atoms with Crippen molar-refractivity contribution >= 4 is 10.0 Å². The fourth-order valence-electron chi connectivity index (χ4n) is 1.91. The lowest BCUT2D eigenvalue weighted by Crippen LogP contribution is -2.36. The normalized spacial score (nSPS) is 18.2. The van der Waals surface area contributed by atoms with Gasteiger partial charge in [0.2, 0.25) is 10.0 Å². The highest BCUT2D eigenvalue weighted by atomic mass is 32.2. The van der Waals surface area contributed by atoms with E-state index in [0.29, 0.717) is 19.8 Å². The van der Waals surface area contributed by atoms with Crippen LogP contribution in [-0.2, 0) is 21.3 Å². The van der Waals surface area contributed by atoms with E-state index in [1.54, 1.807) is 18.2 Å². The Bertz CT molecular complexity index is 481. The SMILES string of the molecule is NS(=O)(=O)c1ccccc1CN1CCOCC1. The molecule has 94 valence electrons. The fraction of sp³-hybridized carbons (Fsp3) is 0.455. The highest BCUT2D eigenvalue weighted by Gasteiger charge is 2.17. The third-order valence-electron chi connectivity index (χ3n) is 2.78. The summed E-state index contributed by atoms with van der Waals surface area (Å²) in [5.41, 5.74) is 0.747. The van der Waals surface area contributed by atoms with Crippen LogP contribution < -0.4 is 5.14 Å². The molecule has 17 heavy (non-hydrogen) atoms. The molecule has 1 aromatic rings. The van der Waals surface area contributed by atoms with Crippen LogP contribution in [0.4, 0.5) is 0 Å². The summed E-state index contributed by atoms with van der Waals surface area (Å²) in [6.07, 6.45) is 0. The van der Waals surface area contributed by atoms with Crippen LogP contribution >= 0.6 is 0 Å². The summed E-state index contributed by atoms with van der Waals surface area (Å²) in [6, 6.07) is 6.85. The third-order valence-corrected chi connectivity index (χ3v) is 3.79. The summed E-state index contributed by atoms with van der Waals surface area (Å²) in [5, 5.41) is 5.19.